The Morgan fingerprint density at radius 2 is 2.00 bits per heavy atom. The van der Waals surface area contributed by atoms with E-state index in [0.29, 0.717) is 33.6 Å². The zero-order valence-corrected chi connectivity index (χ0v) is 24.5. The molecule has 0 spiro atoms. The number of nitriles is 1. The van der Waals surface area contributed by atoms with E-state index in [1.54, 1.807) is 23.2 Å². The standard InChI is InChI=1S/C31H31ClN6O2S/c1-19-27(14-24(32)17-34-19)36-20(2)29-9-10-30(41-29)38(18-39)28(12-21-5-3-4-6-21)31(40)37-25-7-8-26-23(13-25)11-22(15-33)16-35-26/h7-11,13-14,16-18,20-21,28,36H,3-6,12H2,1-2H3,(H,37,40)/t20-,28-/m0/s1. The second kappa shape index (κ2) is 12.7. The maximum absolute atomic E-state index is 13.8. The molecule has 0 bridgehead atoms. The number of anilines is 3. The Morgan fingerprint density at radius 3 is 2.76 bits per heavy atom. The minimum atomic E-state index is -0.663. The van der Waals surface area contributed by atoms with E-state index >= 15 is 0 Å². The second-order valence-corrected chi connectivity index (χ2v) is 12.0. The van der Waals surface area contributed by atoms with E-state index in [1.807, 2.05) is 44.2 Å². The van der Waals surface area contributed by atoms with Crippen molar-refractivity contribution in [2.24, 2.45) is 5.92 Å². The minimum absolute atomic E-state index is 0.0622. The van der Waals surface area contributed by atoms with Crippen LogP contribution in [-0.2, 0) is 9.59 Å². The molecule has 3 heterocycles. The fourth-order valence-corrected chi connectivity index (χ4v) is 6.54. The molecule has 41 heavy (non-hydrogen) atoms. The lowest BCUT2D eigenvalue weighted by Gasteiger charge is -2.28. The van der Waals surface area contributed by atoms with Crippen LogP contribution in [0.15, 0.2) is 54.9 Å². The number of rotatable bonds is 10. The van der Waals surface area contributed by atoms with Gasteiger partial charge in [-0.1, -0.05) is 37.3 Å². The summed E-state index contributed by atoms with van der Waals surface area (Å²) in [4.78, 5) is 37.5. The van der Waals surface area contributed by atoms with Crippen LogP contribution in [0.25, 0.3) is 10.9 Å². The SMILES string of the molecule is Cc1ncc(Cl)cc1N[C@@H](C)c1ccc(N(C=O)[C@@H](CC2CCCC2)C(=O)Nc2ccc3ncc(C#N)cc3c2)s1. The van der Waals surface area contributed by atoms with Crippen LogP contribution in [0.1, 0.15) is 61.2 Å². The van der Waals surface area contributed by atoms with Crippen LogP contribution in [0.4, 0.5) is 16.4 Å². The molecule has 1 aliphatic carbocycles. The number of carbonyl (C=O) groups is 2. The van der Waals surface area contributed by atoms with Crippen molar-refractivity contribution >= 4 is 62.5 Å². The first-order chi connectivity index (χ1) is 19.8. The smallest absolute Gasteiger partial charge is 0.247 e. The molecule has 1 aliphatic rings. The molecule has 3 aromatic heterocycles. The van der Waals surface area contributed by atoms with E-state index in [2.05, 4.69) is 26.7 Å². The molecule has 0 saturated heterocycles. The number of aryl methyl sites for hydroxylation is 1. The number of aromatic nitrogens is 2. The molecule has 0 aliphatic heterocycles. The topological polar surface area (TPSA) is 111 Å². The van der Waals surface area contributed by atoms with Gasteiger partial charge in [-0.2, -0.15) is 5.26 Å². The molecule has 10 heteroatoms. The van der Waals surface area contributed by atoms with Crippen molar-refractivity contribution in [2.45, 2.75) is 58.0 Å². The number of nitrogens with one attached hydrogen (secondary N) is 2. The third-order valence-corrected chi connectivity index (χ3v) is 9.07. The fraction of sp³-hybridized carbons (Fsp3) is 0.323. The van der Waals surface area contributed by atoms with Gasteiger partial charge in [-0.15, -0.1) is 11.3 Å². The number of hydrogen-bond donors (Lipinski definition) is 2. The summed E-state index contributed by atoms with van der Waals surface area (Å²) in [5, 5.41) is 17.7. The summed E-state index contributed by atoms with van der Waals surface area (Å²) >= 11 is 7.62. The zero-order chi connectivity index (χ0) is 28.9. The van der Waals surface area contributed by atoms with Gasteiger partial charge in [0.25, 0.3) is 0 Å². The van der Waals surface area contributed by atoms with Gasteiger partial charge in [0.05, 0.1) is 38.5 Å². The van der Waals surface area contributed by atoms with Gasteiger partial charge in [0, 0.05) is 28.3 Å². The summed E-state index contributed by atoms with van der Waals surface area (Å²) in [6, 6.07) is 14.3. The Hall–Kier alpha value is -4.00. The van der Waals surface area contributed by atoms with Crippen LogP contribution in [-0.4, -0.2) is 28.3 Å². The van der Waals surface area contributed by atoms with E-state index in [1.165, 1.54) is 17.5 Å². The Bertz CT molecular complexity index is 1610. The maximum atomic E-state index is 13.8. The molecule has 0 radical (unpaired) electrons. The van der Waals surface area contributed by atoms with Crippen molar-refractivity contribution < 1.29 is 9.59 Å². The summed E-state index contributed by atoms with van der Waals surface area (Å²) in [5.41, 5.74) is 3.46. The van der Waals surface area contributed by atoms with Crippen molar-refractivity contribution in [3.8, 4) is 6.07 Å². The van der Waals surface area contributed by atoms with Crippen LogP contribution in [0.3, 0.4) is 0 Å². The monoisotopic (exact) mass is 586 g/mol. The summed E-state index contributed by atoms with van der Waals surface area (Å²) in [7, 11) is 0. The van der Waals surface area contributed by atoms with Crippen LogP contribution in [0.5, 0.6) is 0 Å². The normalized spacial score (nSPS) is 14.8. The molecule has 1 saturated carbocycles. The summed E-state index contributed by atoms with van der Waals surface area (Å²) in [6.45, 7) is 3.95. The lowest BCUT2D eigenvalue weighted by Crippen LogP contribution is -2.44. The van der Waals surface area contributed by atoms with Gasteiger partial charge >= 0.3 is 0 Å². The number of benzene rings is 1. The summed E-state index contributed by atoms with van der Waals surface area (Å²) in [5.74, 6) is 0.139. The van der Waals surface area contributed by atoms with Gasteiger partial charge < -0.3 is 10.6 Å². The van der Waals surface area contributed by atoms with Gasteiger partial charge in [-0.3, -0.25) is 24.5 Å². The Morgan fingerprint density at radius 1 is 1.20 bits per heavy atom. The predicted octanol–water partition coefficient (Wildman–Crippen LogP) is 7.25. The highest BCUT2D eigenvalue weighted by Crippen LogP contribution is 2.36. The number of amides is 2. The van der Waals surface area contributed by atoms with E-state index in [4.69, 9.17) is 11.6 Å². The molecule has 5 rings (SSSR count). The average molecular weight is 587 g/mol. The second-order valence-electron chi connectivity index (χ2n) is 10.5. The lowest BCUT2D eigenvalue weighted by atomic mass is 9.97. The molecule has 2 atom stereocenters. The van der Waals surface area contributed by atoms with Crippen molar-refractivity contribution in [1.82, 2.24) is 9.97 Å². The highest BCUT2D eigenvalue weighted by molar-refractivity contribution is 7.16. The summed E-state index contributed by atoms with van der Waals surface area (Å²) in [6.07, 6.45) is 8.89. The molecule has 2 amide bonds. The average Bonchev–Trinajstić information content (AvgIpc) is 3.67. The molecular weight excluding hydrogens is 556 g/mol. The van der Waals surface area contributed by atoms with Gasteiger partial charge in [0.1, 0.15) is 12.1 Å². The third-order valence-electron chi connectivity index (χ3n) is 7.58. The first-order valence-corrected chi connectivity index (χ1v) is 14.9. The van der Waals surface area contributed by atoms with Gasteiger partial charge in [0.15, 0.2) is 0 Å². The van der Waals surface area contributed by atoms with Crippen molar-refractivity contribution in [1.29, 1.82) is 5.26 Å². The lowest BCUT2D eigenvalue weighted by molar-refractivity contribution is -0.119. The van der Waals surface area contributed by atoms with Crippen molar-refractivity contribution in [3.05, 3.63) is 76.0 Å². The van der Waals surface area contributed by atoms with E-state index in [9.17, 15) is 14.9 Å². The molecule has 4 aromatic rings. The van der Waals surface area contributed by atoms with Gasteiger partial charge in [-0.05, 0) is 68.7 Å². The van der Waals surface area contributed by atoms with E-state index < -0.39 is 6.04 Å². The molecule has 1 fully saturated rings. The molecular formula is C31H31ClN6O2S. The predicted molar refractivity (Wildman–Crippen MR) is 164 cm³/mol. The third kappa shape index (κ3) is 6.67. The molecule has 8 nitrogen and oxygen atoms in total. The number of pyridine rings is 2. The van der Waals surface area contributed by atoms with Gasteiger partial charge in [0.2, 0.25) is 12.3 Å². The number of hydrogen-bond acceptors (Lipinski definition) is 7. The zero-order valence-electron chi connectivity index (χ0n) is 22.9. The molecule has 1 aromatic carbocycles. The quantitative estimate of drug-likeness (QED) is 0.189. The van der Waals surface area contributed by atoms with E-state index in [0.717, 1.165) is 59.3 Å². The number of fused-ring (bicyclic) bond motifs is 1. The number of nitrogens with zero attached hydrogens (tertiary/aromatic N) is 4. The van der Waals surface area contributed by atoms with Crippen molar-refractivity contribution in [2.75, 3.05) is 15.5 Å². The number of carbonyl (C=O) groups excluding carboxylic acids is 2. The van der Waals surface area contributed by atoms with Crippen LogP contribution < -0.4 is 15.5 Å². The number of thiophene rings is 1. The molecule has 2 N–H and O–H groups in total. The Labute approximate surface area is 248 Å². The maximum Gasteiger partial charge on any atom is 0.247 e. The summed E-state index contributed by atoms with van der Waals surface area (Å²) < 4.78 is 0. The minimum Gasteiger partial charge on any atom is -0.376 e. The Balaban J connectivity index is 1.38. The Kier molecular flexibility index (Phi) is 8.81. The fourth-order valence-electron chi connectivity index (χ4n) is 5.36. The van der Waals surface area contributed by atoms with Crippen LogP contribution >= 0.6 is 22.9 Å². The molecule has 210 valence electrons. The van der Waals surface area contributed by atoms with Crippen LogP contribution in [0.2, 0.25) is 5.02 Å². The highest BCUT2D eigenvalue weighted by Gasteiger charge is 2.32. The first-order valence-electron chi connectivity index (χ1n) is 13.7. The van der Waals surface area contributed by atoms with Crippen LogP contribution in [0, 0.1) is 24.2 Å². The van der Waals surface area contributed by atoms with E-state index in [-0.39, 0.29) is 11.9 Å². The van der Waals surface area contributed by atoms with Gasteiger partial charge in [-0.25, -0.2) is 0 Å². The highest BCUT2D eigenvalue weighted by atomic mass is 35.5. The molecule has 0 unspecified atom stereocenters. The van der Waals surface area contributed by atoms with Crippen molar-refractivity contribution in [3.63, 3.8) is 0 Å². The number of halogens is 1. The first kappa shape index (κ1) is 28.5. The largest absolute Gasteiger partial charge is 0.376 e.